The SMILES string of the molecule is CCCCCCCCCCCCC(CC)OC(=O)c1cc(C(F)(F)F)ccc1F. The average Bonchev–Trinajstić information content (AvgIpc) is 2.67. The van der Waals surface area contributed by atoms with Crippen LogP contribution in [0, 0.1) is 5.82 Å². The number of ether oxygens (including phenoxy) is 1. The van der Waals surface area contributed by atoms with Crippen LogP contribution in [0.3, 0.4) is 0 Å². The summed E-state index contributed by atoms with van der Waals surface area (Å²) in [5, 5.41) is 0. The number of rotatable bonds is 14. The molecule has 1 aromatic carbocycles. The summed E-state index contributed by atoms with van der Waals surface area (Å²) in [5.74, 6) is -2.04. The monoisotopic (exact) mass is 418 g/mol. The summed E-state index contributed by atoms with van der Waals surface area (Å²) in [7, 11) is 0. The molecule has 0 aliphatic carbocycles. The number of carbonyl (C=O) groups excluding carboxylic acids is 1. The first-order chi connectivity index (χ1) is 13.8. The second kappa shape index (κ2) is 13.6. The third-order valence-corrected chi connectivity index (χ3v) is 5.12. The molecule has 0 bridgehead atoms. The number of carbonyl (C=O) groups is 1. The smallest absolute Gasteiger partial charge is 0.416 e. The molecule has 0 aromatic heterocycles. The second-order valence-electron chi connectivity index (χ2n) is 7.60. The van der Waals surface area contributed by atoms with E-state index in [2.05, 4.69) is 6.92 Å². The van der Waals surface area contributed by atoms with Crippen LogP contribution in [-0.4, -0.2) is 12.1 Å². The Morgan fingerprint density at radius 3 is 2.00 bits per heavy atom. The minimum Gasteiger partial charge on any atom is -0.459 e. The molecule has 1 aromatic rings. The molecule has 0 saturated heterocycles. The van der Waals surface area contributed by atoms with Crippen molar-refractivity contribution < 1.29 is 27.1 Å². The average molecular weight is 419 g/mol. The van der Waals surface area contributed by atoms with Crippen LogP contribution in [0.1, 0.15) is 107 Å². The Balaban J connectivity index is 2.35. The van der Waals surface area contributed by atoms with Gasteiger partial charge in [0.1, 0.15) is 11.9 Å². The van der Waals surface area contributed by atoms with Gasteiger partial charge in [-0.1, -0.05) is 71.6 Å². The van der Waals surface area contributed by atoms with Crippen LogP contribution in [0.4, 0.5) is 17.6 Å². The fourth-order valence-corrected chi connectivity index (χ4v) is 3.28. The maximum absolute atomic E-state index is 13.8. The maximum atomic E-state index is 13.8. The van der Waals surface area contributed by atoms with Gasteiger partial charge in [0.2, 0.25) is 0 Å². The van der Waals surface area contributed by atoms with Gasteiger partial charge in [-0.15, -0.1) is 0 Å². The number of benzene rings is 1. The largest absolute Gasteiger partial charge is 0.459 e. The van der Waals surface area contributed by atoms with Gasteiger partial charge in [0, 0.05) is 0 Å². The molecule has 0 spiro atoms. The van der Waals surface area contributed by atoms with E-state index in [1.54, 1.807) is 0 Å². The minimum atomic E-state index is -4.64. The van der Waals surface area contributed by atoms with Crippen molar-refractivity contribution in [3.63, 3.8) is 0 Å². The molecule has 0 saturated carbocycles. The van der Waals surface area contributed by atoms with Crippen LogP contribution in [0.5, 0.6) is 0 Å². The van der Waals surface area contributed by atoms with Crippen LogP contribution in [0.25, 0.3) is 0 Å². The first-order valence-corrected chi connectivity index (χ1v) is 10.9. The molecule has 29 heavy (non-hydrogen) atoms. The summed E-state index contributed by atoms with van der Waals surface area (Å²) < 4.78 is 57.5. The minimum absolute atomic E-state index is 0.412. The molecule has 0 aliphatic rings. The zero-order chi connectivity index (χ0) is 21.7. The molecule has 0 N–H and O–H groups in total. The van der Waals surface area contributed by atoms with Crippen molar-refractivity contribution in [3.8, 4) is 0 Å². The molecular weight excluding hydrogens is 384 g/mol. The van der Waals surface area contributed by atoms with Crippen molar-refractivity contribution in [2.24, 2.45) is 0 Å². The van der Waals surface area contributed by atoms with E-state index in [1.807, 2.05) is 6.92 Å². The second-order valence-corrected chi connectivity index (χ2v) is 7.60. The molecule has 0 fully saturated rings. The van der Waals surface area contributed by atoms with E-state index in [4.69, 9.17) is 4.74 Å². The van der Waals surface area contributed by atoms with Gasteiger partial charge in [-0.25, -0.2) is 9.18 Å². The highest BCUT2D eigenvalue weighted by Crippen LogP contribution is 2.30. The molecule has 0 aliphatic heterocycles. The first-order valence-electron chi connectivity index (χ1n) is 10.9. The summed E-state index contributed by atoms with van der Waals surface area (Å²) in [6.45, 7) is 4.05. The lowest BCUT2D eigenvalue weighted by Crippen LogP contribution is -2.19. The number of halogens is 4. The Morgan fingerprint density at radius 2 is 1.48 bits per heavy atom. The molecule has 1 atom stereocenters. The molecule has 1 rings (SSSR count). The summed E-state index contributed by atoms with van der Waals surface area (Å²) in [6.07, 6.45) is 8.05. The normalized spacial score (nSPS) is 12.8. The van der Waals surface area contributed by atoms with Crippen molar-refractivity contribution in [3.05, 3.63) is 35.1 Å². The lowest BCUT2D eigenvalue weighted by Gasteiger charge is -2.17. The van der Waals surface area contributed by atoms with Gasteiger partial charge in [-0.2, -0.15) is 13.2 Å². The molecular formula is C23H34F4O2. The lowest BCUT2D eigenvalue weighted by molar-refractivity contribution is -0.137. The number of hydrogen-bond acceptors (Lipinski definition) is 2. The third kappa shape index (κ3) is 10.1. The summed E-state index contributed by atoms with van der Waals surface area (Å²) in [6, 6.07) is 1.79. The van der Waals surface area contributed by atoms with E-state index in [0.29, 0.717) is 31.0 Å². The molecule has 0 radical (unpaired) electrons. The fraction of sp³-hybridized carbons (Fsp3) is 0.696. The Hall–Kier alpha value is -1.59. The zero-order valence-electron chi connectivity index (χ0n) is 17.6. The van der Waals surface area contributed by atoms with Crippen molar-refractivity contribution in [2.75, 3.05) is 0 Å². The summed E-state index contributed by atoms with van der Waals surface area (Å²) >= 11 is 0. The zero-order valence-corrected chi connectivity index (χ0v) is 17.6. The molecule has 1 unspecified atom stereocenters. The highest BCUT2D eigenvalue weighted by atomic mass is 19.4. The highest BCUT2D eigenvalue weighted by Gasteiger charge is 2.32. The maximum Gasteiger partial charge on any atom is 0.416 e. The van der Waals surface area contributed by atoms with Gasteiger partial charge in [-0.05, 0) is 37.5 Å². The first kappa shape index (κ1) is 25.4. The Morgan fingerprint density at radius 1 is 0.931 bits per heavy atom. The van der Waals surface area contributed by atoms with Crippen molar-refractivity contribution >= 4 is 5.97 Å². The molecule has 0 amide bonds. The van der Waals surface area contributed by atoms with Crippen molar-refractivity contribution in [2.45, 2.75) is 103 Å². The molecule has 0 heterocycles. The Kier molecular flexibility index (Phi) is 11.9. The number of hydrogen-bond donors (Lipinski definition) is 0. The lowest BCUT2D eigenvalue weighted by atomic mass is 10.0. The van der Waals surface area contributed by atoms with E-state index in [-0.39, 0.29) is 0 Å². The quantitative estimate of drug-likeness (QED) is 0.173. The summed E-state index contributed by atoms with van der Waals surface area (Å²) in [4.78, 5) is 12.2. The predicted octanol–water partition coefficient (Wildman–Crippen LogP) is 8.09. The van der Waals surface area contributed by atoms with Crippen LogP contribution in [0.2, 0.25) is 0 Å². The van der Waals surface area contributed by atoms with Crippen molar-refractivity contribution in [1.29, 1.82) is 0 Å². The van der Waals surface area contributed by atoms with Crippen LogP contribution < -0.4 is 0 Å². The van der Waals surface area contributed by atoms with Gasteiger partial charge in [0.25, 0.3) is 0 Å². The molecule has 2 nitrogen and oxygen atoms in total. The Labute approximate surface area is 172 Å². The van der Waals surface area contributed by atoms with Crippen molar-refractivity contribution in [1.82, 2.24) is 0 Å². The third-order valence-electron chi connectivity index (χ3n) is 5.12. The highest BCUT2D eigenvalue weighted by molar-refractivity contribution is 5.90. The van der Waals surface area contributed by atoms with E-state index in [1.165, 1.54) is 44.9 Å². The summed E-state index contributed by atoms with van der Waals surface area (Å²) in [5.41, 5.74) is -1.73. The van der Waals surface area contributed by atoms with Gasteiger partial charge < -0.3 is 4.74 Å². The predicted molar refractivity (Wildman–Crippen MR) is 107 cm³/mol. The molecule has 166 valence electrons. The van der Waals surface area contributed by atoms with Crippen LogP contribution in [0.15, 0.2) is 18.2 Å². The van der Waals surface area contributed by atoms with E-state index in [9.17, 15) is 22.4 Å². The number of esters is 1. The van der Waals surface area contributed by atoms with Gasteiger partial charge in [-0.3, -0.25) is 0 Å². The van der Waals surface area contributed by atoms with Gasteiger partial charge in [0.15, 0.2) is 0 Å². The van der Waals surface area contributed by atoms with E-state index < -0.39 is 35.2 Å². The standard InChI is InChI=1S/C23H34F4O2/c1-3-5-6-7-8-9-10-11-12-13-14-19(4-2)29-22(28)20-17-18(23(25,26)27)15-16-21(20)24/h15-17,19H,3-14H2,1-2H3. The van der Waals surface area contributed by atoms with E-state index in [0.717, 1.165) is 19.3 Å². The topological polar surface area (TPSA) is 26.3 Å². The number of unbranched alkanes of at least 4 members (excludes halogenated alkanes) is 9. The number of alkyl halides is 3. The Bertz CT molecular complexity index is 599. The van der Waals surface area contributed by atoms with Gasteiger partial charge >= 0.3 is 12.1 Å². The fourth-order valence-electron chi connectivity index (χ4n) is 3.28. The molecule has 6 heteroatoms. The van der Waals surface area contributed by atoms with Gasteiger partial charge in [0.05, 0.1) is 11.1 Å². The van der Waals surface area contributed by atoms with Crippen LogP contribution >= 0.6 is 0 Å². The van der Waals surface area contributed by atoms with E-state index >= 15 is 0 Å². The van der Waals surface area contributed by atoms with Crippen LogP contribution in [-0.2, 0) is 10.9 Å².